The molecule has 2 aliphatic rings. The van der Waals surface area contributed by atoms with Crippen LogP contribution in [0.1, 0.15) is 55.1 Å². The molecule has 4 rings (SSSR count). The summed E-state index contributed by atoms with van der Waals surface area (Å²) in [6, 6.07) is 0. The Kier molecular flexibility index (Phi) is 5.98. The molecule has 2 aliphatic heterocycles. The molecule has 0 aromatic carbocycles. The van der Waals surface area contributed by atoms with E-state index in [0.717, 1.165) is 55.1 Å². The lowest BCUT2D eigenvalue weighted by atomic mass is 9.92. The number of rotatable bonds is 6. The van der Waals surface area contributed by atoms with Crippen LogP contribution in [-0.2, 0) is 25.6 Å². The molecule has 0 aliphatic carbocycles. The van der Waals surface area contributed by atoms with Gasteiger partial charge in [-0.1, -0.05) is 6.92 Å². The highest BCUT2D eigenvalue weighted by Crippen LogP contribution is 2.38. The van der Waals surface area contributed by atoms with Crippen molar-refractivity contribution in [3.63, 3.8) is 0 Å². The molecule has 0 spiro atoms. The largest absolute Gasteiger partial charge is 0.356 e. The number of aryl methyl sites for hydroxylation is 1. The molecule has 1 saturated heterocycles. The maximum absolute atomic E-state index is 11.9. The molecule has 1 N–H and O–H groups in total. The summed E-state index contributed by atoms with van der Waals surface area (Å²) in [7, 11) is -3.46. The zero-order chi connectivity index (χ0) is 22.2. The number of nitrogens with one attached hydrogen (secondary N) is 1. The summed E-state index contributed by atoms with van der Waals surface area (Å²) in [5.41, 5.74) is 1.92. The Morgan fingerprint density at radius 1 is 1.26 bits per heavy atom. The molecule has 0 bridgehead atoms. The predicted octanol–water partition coefficient (Wildman–Crippen LogP) is 1.79. The number of carbonyl (C=O) groups excluding carboxylic acids is 1. The Morgan fingerprint density at radius 3 is 2.71 bits per heavy atom. The second-order valence-corrected chi connectivity index (χ2v) is 9.98. The number of imidazole rings is 1. The van der Waals surface area contributed by atoms with Crippen molar-refractivity contribution in [3.05, 3.63) is 29.6 Å². The van der Waals surface area contributed by atoms with Gasteiger partial charge in [-0.25, -0.2) is 15.0 Å². The highest BCUT2D eigenvalue weighted by Gasteiger charge is 2.31. The first kappa shape index (κ1) is 21.7. The number of amides is 1. The molecule has 1 atom stereocenters. The van der Waals surface area contributed by atoms with Gasteiger partial charge in [0.05, 0.1) is 18.6 Å². The van der Waals surface area contributed by atoms with Crippen molar-refractivity contribution in [2.75, 3.05) is 36.2 Å². The van der Waals surface area contributed by atoms with Crippen LogP contribution in [0.25, 0.3) is 0 Å². The highest BCUT2D eigenvalue weighted by molar-refractivity contribution is 7.85. The highest BCUT2D eigenvalue weighted by atomic mass is 32.2. The van der Waals surface area contributed by atoms with Crippen molar-refractivity contribution in [1.29, 1.82) is 0 Å². The van der Waals surface area contributed by atoms with E-state index in [1.54, 1.807) is 0 Å². The topological polar surface area (TPSA) is 119 Å². The molecule has 4 heterocycles. The predicted molar refractivity (Wildman–Crippen MR) is 116 cm³/mol. The van der Waals surface area contributed by atoms with Crippen molar-refractivity contribution in [2.45, 2.75) is 51.5 Å². The van der Waals surface area contributed by atoms with Crippen LogP contribution in [0.5, 0.6) is 0 Å². The van der Waals surface area contributed by atoms with E-state index in [1.807, 2.05) is 24.6 Å². The zero-order valence-electron chi connectivity index (χ0n) is 18.0. The average molecular weight is 449 g/mol. The summed E-state index contributed by atoms with van der Waals surface area (Å²) >= 11 is 0. The van der Waals surface area contributed by atoms with Crippen LogP contribution in [0, 0.1) is 6.92 Å². The molecule has 11 heteroatoms. The molecule has 1 amide bonds. The number of aromatic nitrogens is 4. The molecule has 10 nitrogen and oxygen atoms in total. The van der Waals surface area contributed by atoms with Gasteiger partial charge in [-0.2, -0.15) is 8.42 Å². The van der Waals surface area contributed by atoms with Crippen LogP contribution in [0.4, 0.5) is 11.6 Å². The number of hydrogen-bond donors (Lipinski definition) is 1. The van der Waals surface area contributed by atoms with E-state index in [9.17, 15) is 13.2 Å². The molecule has 0 radical (unpaired) electrons. The van der Waals surface area contributed by atoms with E-state index in [1.165, 1.54) is 6.33 Å². The molecule has 2 aromatic rings. The molecule has 2 aromatic heterocycles. The van der Waals surface area contributed by atoms with Gasteiger partial charge in [0.15, 0.2) is 0 Å². The van der Waals surface area contributed by atoms with E-state index in [-0.39, 0.29) is 24.3 Å². The average Bonchev–Trinajstić information content (AvgIpc) is 3.07. The fourth-order valence-corrected chi connectivity index (χ4v) is 4.84. The third kappa shape index (κ3) is 4.87. The van der Waals surface area contributed by atoms with Crippen LogP contribution in [0.3, 0.4) is 0 Å². The molecule has 0 unspecified atom stereocenters. The minimum Gasteiger partial charge on any atom is -0.356 e. The van der Waals surface area contributed by atoms with Crippen LogP contribution >= 0.6 is 0 Å². The number of fused-ring (bicyclic) bond motifs is 1. The van der Waals surface area contributed by atoms with Gasteiger partial charge in [0, 0.05) is 43.7 Å². The van der Waals surface area contributed by atoms with Gasteiger partial charge in [0.25, 0.3) is 10.1 Å². The van der Waals surface area contributed by atoms with Crippen molar-refractivity contribution in [3.8, 4) is 0 Å². The number of hydrogen-bond acceptors (Lipinski definition) is 8. The van der Waals surface area contributed by atoms with E-state index < -0.39 is 10.1 Å². The van der Waals surface area contributed by atoms with E-state index in [2.05, 4.69) is 20.2 Å². The minimum absolute atomic E-state index is 0.00887. The molecule has 0 saturated carbocycles. The minimum atomic E-state index is -3.46. The number of piperidine rings is 1. The first-order chi connectivity index (χ1) is 14.7. The molecular weight excluding hydrogens is 420 g/mol. The molecule has 168 valence electrons. The zero-order valence-corrected chi connectivity index (χ0v) is 18.9. The molecular formula is C20H28N6O4S. The van der Waals surface area contributed by atoms with Gasteiger partial charge in [0.2, 0.25) is 5.91 Å². The van der Waals surface area contributed by atoms with Gasteiger partial charge in [-0.15, -0.1) is 0 Å². The third-order valence-corrected chi connectivity index (χ3v) is 6.42. The Balaban J connectivity index is 1.46. The fourth-order valence-electron chi connectivity index (χ4n) is 4.46. The maximum atomic E-state index is 11.9. The van der Waals surface area contributed by atoms with E-state index >= 15 is 0 Å². The smallest absolute Gasteiger partial charge is 0.264 e. The van der Waals surface area contributed by atoms with Crippen LogP contribution in [0.15, 0.2) is 12.5 Å². The molecule has 1 fully saturated rings. The summed E-state index contributed by atoms with van der Waals surface area (Å²) in [4.78, 5) is 27.6. The number of anilines is 2. The van der Waals surface area contributed by atoms with Gasteiger partial charge in [0.1, 0.15) is 23.8 Å². The summed E-state index contributed by atoms with van der Waals surface area (Å²) in [6.45, 7) is 6.16. The normalized spacial score (nSPS) is 19.9. The van der Waals surface area contributed by atoms with E-state index in [0.29, 0.717) is 18.8 Å². The third-order valence-electron chi connectivity index (χ3n) is 5.82. The standard InChI is InChI=1S/C20H28N6O4S/c1-13-10-16(27)24-18-17(13)20(22-12-21-18)25-6-4-15(5-7-25)19-23-14(2)11-26(19)8-9-30-31(3,28)29/h11-13,15H,4-10H2,1-3H3,(H,21,22,24,27)/t13-/m1/s1. The number of carbonyl (C=O) groups is 1. The Labute approximate surface area is 182 Å². The monoisotopic (exact) mass is 448 g/mol. The second kappa shape index (κ2) is 8.54. The van der Waals surface area contributed by atoms with Gasteiger partial charge >= 0.3 is 0 Å². The van der Waals surface area contributed by atoms with Crippen molar-refractivity contribution in [1.82, 2.24) is 19.5 Å². The Morgan fingerprint density at radius 2 is 2.00 bits per heavy atom. The van der Waals surface area contributed by atoms with Crippen molar-refractivity contribution < 1.29 is 17.4 Å². The Hall–Kier alpha value is -2.53. The molecule has 31 heavy (non-hydrogen) atoms. The van der Waals surface area contributed by atoms with Crippen molar-refractivity contribution in [2.24, 2.45) is 0 Å². The quantitative estimate of drug-likeness (QED) is 0.664. The lowest BCUT2D eigenvalue weighted by Gasteiger charge is -2.35. The summed E-state index contributed by atoms with van der Waals surface area (Å²) in [6.07, 6.45) is 6.76. The Bertz CT molecular complexity index is 1080. The summed E-state index contributed by atoms with van der Waals surface area (Å²) in [5, 5.41) is 2.86. The first-order valence-electron chi connectivity index (χ1n) is 10.5. The SMILES string of the molecule is Cc1cn(CCOS(C)(=O)=O)c(C2CCN(c3ncnc4c3[C@H](C)CC(=O)N4)CC2)n1. The van der Waals surface area contributed by atoms with Crippen LogP contribution in [-0.4, -0.2) is 59.8 Å². The second-order valence-electron chi connectivity index (χ2n) is 8.33. The first-order valence-corrected chi connectivity index (χ1v) is 12.3. The fraction of sp³-hybridized carbons (Fsp3) is 0.600. The van der Waals surface area contributed by atoms with Gasteiger partial charge in [-0.05, 0) is 25.7 Å². The summed E-state index contributed by atoms with van der Waals surface area (Å²) in [5.74, 6) is 2.84. The van der Waals surface area contributed by atoms with Crippen molar-refractivity contribution >= 4 is 27.7 Å². The van der Waals surface area contributed by atoms with Crippen LogP contribution in [0.2, 0.25) is 0 Å². The van der Waals surface area contributed by atoms with Gasteiger partial charge < -0.3 is 14.8 Å². The lowest BCUT2D eigenvalue weighted by molar-refractivity contribution is -0.116. The maximum Gasteiger partial charge on any atom is 0.264 e. The number of nitrogens with zero attached hydrogens (tertiary/aromatic N) is 5. The van der Waals surface area contributed by atoms with Gasteiger partial charge in [-0.3, -0.25) is 8.98 Å². The lowest BCUT2D eigenvalue weighted by Crippen LogP contribution is -2.36. The van der Waals surface area contributed by atoms with E-state index in [4.69, 9.17) is 9.17 Å². The van der Waals surface area contributed by atoms with Crippen LogP contribution < -0.4 is 10.2 Å². The summed E-state index contributed by atoms with van der Waals surface area (Å²) < 4.78 is 29.4.